The third kappa shape index (κ3) is 2.22. The molecule has 0 aliphatic carbocycles. The van der Waals surface area contributed by atoms with Crippen molar-refractivity contribution in [2.45, 2.75) is 6.10 Å². The van der Waals surface area contributed by atoms with Crippen LogP contribution in [0.1, 0.15) is 11.7 Å². The smallest absolute Gasteiger partial charge is 0.337 e. The second-order valence-electron chi connectivity index (χ2n) is 2.97. The number of aliphatic hydroxyl groups excluding tert-OH is 1. The van der Waals surface area contributed by atoms with Crippen molar-refractivity contribution in [2.24, 2.45) is 0 Å². The van der Waals surface area contributed by atoms with E-state index < -0.39 is 17.9 Å². The van der Waals surface area contributed by atoms with Gasteiger partial charge in [0.15, 0.2) is 17.7 Å². The van der Waals surface area contributed by atoms with Gasteiger partial charge in [-0.1, -0.05) is 0 Å². The summed E-state index contributed by atoms with van der Waals surface area (Å²) in [6.07, 6.45) is -1.79. The Balaban J connectivity index is 3.29. The maximum Gasteiger partial charge on any atom is 0.337 e. The Morgan fingerprint density at radius 3 is 2.31 bits per heavy atom. The number of aliphatic carboxylic acids is 1. The van der Waals surface area contributed by atoms with Crippen LogP contribution < -0.4 is 9.47 Å². The van der Waals surface area contributed by atoms with Crippen LogP contribution >= 0.6 is 0 Å². The molecule has 88 valence electrons. The quantitative estimate of drug-likeness (QED) is 0.805. The van der Waals surface area contributed by atoms with Crippen LogP contribution in [0.2, 0.25) is 0 Å². The number of benzene rings is 1. The van der Waals surface area contributed by atoms with E-state index in [9.17, 15) is 14.3 Å². The summed E-state index contributed by atoms with van der Waals surface area (Å²) in [7, 11) is 2.49. The fourth-order valence-electron chi connectivity index (χ4n) is 1.23. The van der Waals surface area contributed by atoms with E-state index in [1.165, 1.54) is 14.2 Å². The normalized spacial score (nSPS) is 12.0. The summed E-state index contributed by atoms with van der Waals surface area (Å²) in [4.78, 5) is 10.6. The standard InChI is InChI=1S/C10H11FO5/c1-15-7-4-6(11)8(16-2)3-5(7)9(12)10(13)14/h3-4,9,12H,1-2H3,(H,13,14). The molecule has 0 aliphatic rings. The average Bonchev–Trinajstić information content (AvgIpc) is 2.27. The van der Waals surface area contributed by atoms with Crippen molar-refractivity contribution in [3.63, 3.8) is 0 Å². The number of methoxy groups -OCH3 is 2. The number of carboxylic acid groups (broad SMARTS) is 1. The van der Waals surface area contributed by atoms with E-state index >= 15 is 0 Å². The monoisotopic (exact) mass is 230 g/mol. The molecular formula is C10H11FO5. The lowest BCUT2D eigenvalue weighted by Gasteiger charge is -2.13. The zero-order chi connectivity index (χ0) is 12.3. The third-order valence-electron chi connectivity index (χ3n) is 2.03. The van der Waals surface area contributed by atoms with Gasteiger partial charge in [0.1, 0.15) is 5.75 Å². The Hall–Kier alpha value is -1.82. The van der Waals surface area contributed by atoms with Crippen LogP contribution in [0.25, 0.3) is 0 Å². The highest BCUT2D eigenvalue weighted by atomic mass is 19.1. The van der Waals surface area contributed by atoms with Crippen molar-refractivity contribution in [3.05, 3.63) is 23.5 Å². The van der Waals surface area contributed by atoms with E-state index in [0.29, 0.717) is 0 Å². The summed E-state index contributed by atoms with van der Waals surface area (Å²) in [5, 5.41) is 18.0. The number of rotatable bonds is 4. The highest BCUT2D eigenvalue weighted by Gasteiger charge is 2.22. The minimum atomic E-state index is -1.79. The lowest BCUT2D eigenvalue weighted by atomic mass is 10.1. The lowest BCUT2D eigenvalue weighted by molar-refractivity contribution is -0.147. The molecule has 2 N–H and O–H groups in total. The van der Waals surface area contributed by atoms with Crippen LogP contribution in [0.15, 0.2) is 12.1 Å². The van der Waals surface area contributed by atoms with Crippen molar-refractivity contribution in [1.29, 1.82) is 0 Å². The molecular weight excluding hydrogens is 219 g/mol. The summed E-state index contributed by atoms with van der Waals surface area (Å²) in [6.45, 7) is 0. The van der Waals surface area contributed by atoms with Gasteiger partial charge < -0.3 is 19.7 Å². The predicted molar refractivity (Wildman–Crippen MR) is 52.1 cm³/mol. The van der Waals surface area contributed by atoms with Crippen LogP contribution in [-0.2, 0) is 4.79 Å². The number of carboxylic acids is 1. The number of ether oxygens (including phenoxy) is 2. The van der Waals surface area contributed by atoms with Crippen LogP contribution in [0.4, 0.5) is 4.39 Å². The Morgan fingerprint density at radius 1 is 1.31 bits per heavy atom. The van der Waals surface area contributed by atoms with E-state index in [4.69, 9.17) is 9.84 Å². The first-order valence-corrected chi connectivity index (χ1v) is 4.33. The van der Waals surface area contributed by atoms with E-state index in [1.54, 1.807) is 0 Å². The van der Waals surface area contributed by atoms with E-state index in [0.717, 1.165) is 12.1 Å². The van der Waals surface area contributed by atoms with Crippen molar-refractivity contribution in [1.82, 2.24) is 0 Å². The van der Waals surface area contributed by atoms with Crippen molar-refractivity contribution in [3.8, 4) is 11.5 Å². The van der Waals surface area contributed by atoms with Gasteiger partial charge in [0.05, 0.1) is 14.2 Å². The van der Waals surface area contributed by atoms with Gasteiger partial charge in [-0.15, -0.1) is 0 Å². The summed E-state index contributed by atoms with van der Waals surface area (Å²) < 4.78 is 22.7. The molecule has 0 amide bonds. The fraction of sp³-hybridized carbons (Fsp3) is 0.300. The van der Waals surface area contributed by atoms with Gasteiger partial charge in [0.25, 0.3) is 0 Å². The molecule has 1 atom stereocenters. The molecule has 1 aromatic rings. The molecule has 0 spiro atoms. The van der Waals surface area contributed by atoms with Crippen LogP contribution in [0, 0.1) is 5.82 Å². The van der Waals surface area contributed by atoms with E-state index in [1.807, 2.05) is 0 Å². The SMILES string of the molecule is COc1cc(C(O)C(=O)O)c(OC)cc1F. The highest BCUT2D eigenvalue weighted by molar-refractivity contribution is 5.75. The maximum atomic E-state index is 13.2. The number of hydrogen-bond donors (Lipinski definition) is 2. The Bertz CT molecular complexity index is 404. The Morgan fingerprint density at radius 2 is 1.88 bits per heavy atom. The first-order chi connectivity index (χ1) is 7.51. The summed E-state index contributed by atoms with van der Waals surface area (Å²) in [6, 6.07) is 2.05. The molecule has 1 rings (SSSR count). The molecule has 6 heteroatoms. The summed E-state index contributed by atoms with van der Waals surface area (Å²) in [5.74, 6) is -2.35. The van der Waals surface area contributed by atoms with E-state index in [-0.39, 0.29) is 17.1 Å². The van der Waals surface area contributed by atoms with Crippen molar-refractivity contribution < 1.29 is 28.9 Å². The molecule has 0 heterocycles. The van der Waals surface area contributed by atoms with Gasteiger partial charge in [-0.2, -0.15) is 0 Å². The topological polar surface area (TPSA) is 76.0 Å². The minimum absolute atomic E-state index is 0.0480. The minimum Gasteiger partial charge on any atom is -0.496 e. The molecule has 0 saturated carbocycles. The van der Waals surface area contributed by atoms with Gasteiger partial charge in [0.2, 0.25) is 0 Å². The number of halogens is 1. The van der Waals surface area contributed by atoms with Gasteiger partial charge in [-0.3, -0.25) is 0 Å². The van der Waals surface area contributed by atoms with Crippen molar-refractivity contribution in [2.75, 3.05) is 14.2 Å². The Labute approximate surface area is 91.0 Å². The average molecular weight is 230 g/mol. The third-order valence-corrected chi connectivity index (χ3v) is 2.03. The summed E-state index contributed by atoms with van der Waals surface area (Å²) >= 11 is 0. The largest absolute Gasteiger partial charge is 0.496 e. The van der Waals surface area contributed by atoms with Crippen LogP contribution in [-0.4, -0.2) is 30.4 Å². The molecule has 1 aromatic carbocycles. The molecule has 1 unspecified atom stereocenters. The van der Waals surface area contributed by atoms with Crippen molar-refractivity contribution >= 4 is 5.97 Å². The first kappa shape index (κ1) is 12.3. The molecule has 0 saturated heterocycles. The van der Waals surface area contributed by atoms with Crippen LogP contribution in [0.3, 0.4) is 0 Å². The molecule has 0 bridgehead atoms. The number of hydrogen-bond acceptors (Lipinski definition) is 4. The number of carbonyl (C=O) groups is 1. The molecule has 0 aliphatic heterocycles. The second-order valence-corrected chi connectivity index (χ2v) is 2.97. The highest BCUT2D eigenvalue weighted by Crippen LogP contribution is 2.31. The van der Waals surface area contributed by atoms with E-state index in [2.05, 4.69) is 4.74 Å². The molecule has 0 radical (unpaired) electrons. The predicted octanol–water partition coefficient (Wildman–Crippen LogP) is 0.961. The lowest BCUT2D eigenvalue weighted by Crippen LogP contribution is -2.12. The van der Waals surface area contributed by atoms with Crippen LogP contribution in [0.5, 0.6) is 11.5 Å². The van der Waals surface area contributed by atoms with Gasteiger partial charge in [0, 0.05) is 11.6 Å². The second kappa shape index (κ2) is 4.80. The molecule has 0 aromatic heterocycles. The Kier molecular flexibility index (Phi) is 3.68. The molecule has 16 heavy (non-hydrogen) atoms. The van der Waals surface area contributed by atoms with Gasteiger partial charge >= 0.3 is 5.97 Å². The molecule has 0 fully saturated rings. The van der Waals surface area contributed by atoms with Gasteiger partial charge in [-0.05, 0) is 6.07 Å². The number of aliphatic hydroxyl groups is 1. The zero-order valence-corrected chi connectivity index (χ0v) is 8.73. The molecule has 5 nitrogen and oxygen atoms in total. The maximum absolute atomic E-state index is 13.2. The zero-order valence-electron chi connectivity index (χ0n) is 8.73. The van der Waals surface area contributed by atoms with Gasteiger partial charge in [-0.25, -0.2) is 9.18 Å². The first-order valence-electron chi connectivity index (χ1n) is 4.33. The fourth-order valence-corrected chi connectivity index (χ4v) is 1.23. The summed E-state index contributed by atoms with van der Waals surface area (Å²) in [5.41, 5.74) is -0.0618.